The Morgan fingerprint density at radius 3 is 2.72 bits per heavy atom. The number of hydrogen-bond acceptors (Lipinski definition) is 3. The number of nitrogens with one attached hydrogen (secondary N) is 1. The molecule has 0 saturated carbocycles. The number of aryl methyl sites for hydroxylation is 1. The van der Waals surface area contributed by atoms with Gasteiger partial charge in [0.25, 0.3) is 0 Å². The van der Waals surface area contributed by atoms with E-state index in [0.717, 1.165) is 19.5 Å². The minimum atomic E-state index is -0.630. The summed E-state index contributed by atoms with van der Waals surface area (Å²) < 4.78 is 16.2. The molecule has 0 bridgehead atoms. The zero-order chi connectivity index (χ0) is 17.8. The highest BCUT2D eigenvalue weighted by Crippen LogP contribution is 2.23. The minimum absolute atomic E-state index is 0.188. The van der Waals surface area contributed by atoms with Gasteiger partial charge in [0.1, 0.15) is 17.7 Å². The van der Waals surface area contributed by atoms with Gasteiger partial charge >= 0.3 is 6.03 Å². The molecule has 1 fully saturated rings. The van der Waals surface area contributed by atoms with Gasteiger partial charge in [-0.05, 0) is 26.1 Å². The molecule has 1 N–H and O–H groups in total. The number of amides is 2. The number of imidazole rings is 1. The molecule has 25 heavy (non-hydrogen) atoms. The van der Waals surface area contributed by atoms with Gasteiger partial charge < -0.3 is 19.7 Å². The molecule has 2 heterocycles. The van der Waals surface area contributed by atoms with E-state index in [1.54, 1.807) is 40.1 Å². The van der Waals surface area contributed by atoms with Crippen molar-refractivity contribution >= 4 is 6.03 Å². The maximum atomic E-state index is 14.4. The van der Waals surface area contributed by atoms with Crippen molar-refractivity contribution in [1.29, 1.82) is 0 Å². The molecule has 1 atom stereocenters. The van der Waals surface area contributed by atoms with E-state index in [1.165, 1.54) is 6.07 Å². The van der Waals surface area contributed by atoms with Crippen molar-refractivity contribution < 1.29 is 9.18 Å². The number of urea groups is 1. The van der Waals surface area contributed by atoms with E-state index in [2.05, 4.69) is 22.2 Å². The minimum Gasteiger partial charge on any atom is -0.336 e. The molecule has 0 radical (unpaired) electrons. The normalized spacial score (nSPS) is 17.2. The fourth-order valence-electron chi connectivity index (χ4n) is 3.11. The van der Waals surface area contributed by atoms with E-state index in [-0.39, 0.29) is 11.8 Å². The van der Waals surface area contributed by atoms with Gasteiger partial charge in [-0.25, -0.2) is 14.2 Å². The van der Waals surface area contributed by atoms with Crippen LogP contribution in [0, 0.1) is 5.82 Å². The average molecular weight is 345 g/mol. The van der Waals surface area contributed by atoms with Crippen molar-refractivity contribution in [3.05, 3.63) is 53.9 Å². The van der Waals surface area contributed by atoms with Gasteiger partial charge in [-0.3, -0.25) is 0 Å². The molecule has 1 aliphatic rings. The number of benzene rings is 1. The quantitative estimate of drug-likeness (QED) is 0.926. The molecule has 0 spiro atoms. The third-order valence-electron chi connectivity index (χ3n) is 4.61. The lowest BCUT2D eigenvalue weighted by Gasteiger charge is -2.26. The SMILES string of the molecule is CN1CCCN(C(=O)NC(c2ccccc2F)c2nccn2C)CC1. The second-order valence-electron chi connectivity index (χ2n) is 6.44. The Bertz CT molecular complexity index is 732. The summed E-state index contributed by atoms with van der Waals surface area (Å²) in [6.07, 6.45) is 4.36. The van der Waals surface area contributed by atoms with Crippen LogP contribution >= 0.6 is 0 Å². The molecule has 7 heteroatoms. The van der Waals surface area contributed by atoms with Gasteiger partial charge in [0, 0.05) is 44.6 Å². The molecule has 1 aromatic heterocycles. The van der Waals surface area contributed by atoms with Crippen LogP contribution in [0.3, 0.4) is 0 Å². The van der Waals surface area contributed by atoms with Gasteiger partial charge in [-0.2, -0.15) is 0 Å². The zero-order valence-corrected chi connectivity index (χ0v) is 14.7. The van der Waals surface area contributed by atoms with Crippen LogP contribution in [0.4, 0.5) is 9.18 Å². The third kappa shape index (κ3) is 3.99. The number of halogens is 1. The number of carbonyl (C=O) groups is 1. The summed E-state index contributed by atoms with van der Waals surface area (Å²) in [6, 6.07) is 5.67. The topological polar surface area (TPSA) is 53.4 Å². The van der Waals surface area contributed by atoms with Crippen LogP contribution in [-0.2, 0) is 7.05 Å². The van der Waals surface area contributed by atoms with Crippen LogP contribution in [-0.4, -0.2) is 58.6 Å². The van der Waals surface area contributed by atoms with Gasteiger partial charge in [0.2, 0.25) is 0 Å². The maximum absolute atomic E-state index is 14.4. The van der Waals surface area contributed by atoms with E-state index < -0.39 is 6.04 Å². The Labute approximate surface area is 147 Å². The van der Waals surface area contributed by atoms with Gasteiger partial charge in [0.05, 0.1) is 0 Å². The molecule has 1 unspecified atom stereocenters. The van der Waals surface area contributed by atoms with Crippen LogP contribution in [0.15, 0.2) is 36.7 Å². The first-order valence-electron chi connectivity index (χ1n) is 8.52. The number of aromatic nitrogens is 2. The number of likely N-dealkylation sites (N-methyl/N-ethyl adjacent to an activating group) is 1. The van der Waals surface area contributed by atoms with Crippen molar-refractivity contribution in [2.45, 2.75) is 12.5 Å². The maximum Gasteiger partial charge on any atom is 0.318 e. The van der Waals surface area contributed by atoms with Gasteiger partial charge in [0.15, 0.2) is 0 Å². The first-order chi connectivity index (χ1) is 12.1. The van der Waals surface area contributed by atoms with Crippen molar-refractivity contribution in [3.63, 3.8) is 0 Å². The number of nitrogens with zero attached hydrogens (tertiary/aromatic N) is 4. The van der Waals surface area contributed by atoms with Crippen molar-refractivity contribution in [3.8, 4) is 0 Å². The highest BCUT2D eigenvalue weighted by atomic mass is 19.1. The van der Waals surface area contributed by atoms with Crippen LogP contribution in [0.25, 0.3) is 0 Å². The zero-order valence-electron chi connectivity index (χ0n) is 14.7. The Hall–Kier alpha value is -2.41. The van der Waals surface area contributed by atoms with E-state index in [4.69, 9.17) is 0 Å². The first kappa shape index (κ1) is 17.4. The van der Waals surface area contributed by atoms with Gasteiger partial charge in [-0.1, -0.05) is 18.2 Å². The second-order valence-corrected chi connectivity index (χ2v) is 6.44. The smallest absolute Gasteiger partial charge is 0.318 e. The highest BCUT2D eigenvalue weighted by Gasteiger charge is 2.26. The first-order valence-corrected chi connectivity index (χ1v) is 8.52. The van der Waals surface area contributed by atoms with E-state index in [9.17, 15) is 9.18 Å². The molecule has 6 nitrogen and oxygen atoms in total. The molecule has 1 aromatic carbocycles. The summed E-state index contributed by atoms with van der Waals surface area (Å²) in [5.41, 5.74) is 0.414. The van der Waals surface area contributed by atoms with Crippen molar-refractivity contribution in [2.75, 3.05) is 33.2 Å². The second kappa shape index (κ2) is 7.65. The van der Waals surface area contributed by atoms with E-state index >= 15 is 0 Å². The predicted octanol–water partition coefficient (Wildman–Crippen LogP) is 2.00. The van der Waals surface area contributed by atoms with E-state index in [0.29, 0.717) is 24.5 Å². The number of rotatable bonds is 3. The Balaban J connectivity index is 1.84. The van der Waals surface area contributed by atoms with Crippen LogP contribution in [0.5, 0.6) is 0 Å². The molecule has 1 aliphatic heterocycles. The molecule has 3 rings (SSSR count). The Morgan fingerprint density at radius 2 is 2.00 bits per heavy atom. The summed E-state index contributed by atoms with van der Waals surface area (Å²) in [5, 5.41) is 2.97. The third-order valence-corrected chi connectivity index (χ3v) is 4.61. The number of carbonyl (C=O) groups excluding carboxylic acids is 1. The predicted molar refractivity (Wildman–Crippen MR) is 93.7 cm³/mol. The molecular formula is C18H24FN5O. The van der Waals surface area contributed by atoms with Crippen molar-refractivity contribution in [2.24, 2.45) is 7.05 Å². The number of hydrogen-bond donors (Lipinski definition) is 1. The summed E-state index contributed by atoms with van der Waals surface area (Å²) in [5.74, 6) is 0.247. The van der Waals surface area contributed by atoms with Crippen LogP contribution < -0.4 is 5.32 Å². The van der Waals surface area contributed by atoms with E-state index in [1.807, 2.05) is 7.05 Å². The summed E-state index contributed by atoms with van der Waals surface area (Å²) in [4.78, 5) is 21.1. The standard InChI is InChI=1S/C18H24FN5O/c1-22-9-5-10-24(13-12-22)18(25)21-16(17-20-8-11-23(17)2)14-6-3-4-7-15(14)19/h3-4,6-8,11,16H,5,9-10,12-13H2,1-2H3,(H,21,25). The molecule has 2 amide bonds. The highest BCUT2D eigenvalue weighted by molar-refractivity contribution is 5.75. The molecule has 0 aliphatic carbocycles. The Kier molecular flexibility index (Phi) is 5.33. The largest absolute Gasteiger partial charge is 0.336 e. The van der Waals surface area contributed by atoms with Crippen LogP contribution in [0.1, 0.15) is 23.9 Å². The van der Waals surface area contributed by atoms with Crippen molar-refractivity contribution in [1.82, 2.24) is 24.7 Å². The molecule has 1 saturated heterocycles. The fraction of sp³-hybridized carbons (Fsp3) is 0.444. The lowest BCUT2D eigenvalue weighted by Crippen LogP contribution is -2.44. The molecule has 134 valence electrons. The summed E-state index contributed by atoms with van der Waals surface area (Å²) in [7, 11) is 3.89. The average Bonchev–Trinajstić information content (AvgIpc) is 2.89. The lowest BCUT2D eigenvalue weighted by molar-refractivity contribution is 0.196. The lowest BCUT2D eigenvalue weighted by atomic mass is 10.1. The monoisotopic (exact) mass is 345 g/mol. The molecule has 2 aromatic rings. The van der Waals surface area contributed by atoms with Crippen LogP contribution in [0.2, 0.25) is 0 Å². The summed E-state index contributed by atoms with van der Waals surface area (Å²) in [6.45, 7) is 3.16. The van der Waals surface area contributed by atoms with Gasteiger partial charge in [-0.15, -0.1) is 0 Å². The molecular weight excluding hydrogens is 321 g/mol. The summed E-state index contributed by atoms with van der Waals surface area (Å²) >= 11 is 0. The fourth-order valence-corrected chi connectivity index (χ4v) is 3.11. The Morgan fingerprint density at radius 1 is 1.20 bits per heavy atom.